The molecule has 0 fully saturated rings. The maximum Gasteiger partial charge on any atom is 0.419 e. The molecule has 0 N–H and O–H groups in total. The molecule has 8 heteroatoms. The van der Waals surface area contributed by atoms with Gasteiger partial charge in [0.1, 0.15) is 5.75 Å². The third kappa shape index (κ3) is 6.93. The highest BCUT2D eigenvalue weighted by molar-refractivity contribution is 5.64. The average molecular weight is 496 g/mol. The van der Waals surface area contributed by atoms with Gasteiger partial charge < -0.3 is 9.47 Å². The number of benzene rings is 3. The third-order valence-electron chi connectivity index (χ3n) is 5.41. The minimum absolute atomic E-state index is 0.0393. The van der Waals surface area contributed by atoms with Crippen LogP contribution in [-0.4, -0.2) is 12.7 Å². The van der Waals surface area contributed by atoms with E-state index in [0.29, 0.717) is 0 Å². The number of ether oxygens (including phenoxy) is 2. The quantitative estimate of drug-likeness (QED) is 0.262. The predicted octanol–water partition coefficient (Wildman–Crippen LogP) is 8.47. The number of alkyl halides is 5. The zero-order chi connectivity index (χ0) is 25.6. The van der Waals surface area contributed by atoms with Gasteiger partial charge in [0, 0.05) is 0 Å². The minimum Gasteiger partial charge on any atom is -0.491 e. The lowest BCUT2D eigenvalue weighted by Crippen LogP contribution is -2.26. The second-order valence-electron chi connectivity index (χ2n) is 8.05. The largest absolute Gasteiger partial charge is 0.491 e. The summed E-state index contributed by atoms with van der Waals surface area (Å²) in [5.41, 5.74) is 0.734. The summed E-state index contributed by atoms with van der Waals surface area (Å²) in [6.07, 6.45) is -8.63. The standard InChI is InChI=1S/C27H26F6O2/c1-3-5-18-6-8-19(9-7-18)20-10-13-22(14-11-20)35-26(29,30)17-16-21-12-15-23(34-4-2)25(28)24(21)27(31,32)33/h6-15H,3-5,16-17H2,1-2H3. The Morgan fingerprint density at radius 1 is 0.743 bits per heavy atom. The monoisotopic (exact) mass is 496 g/mol. The Kier molecular flexibility index (Phi) is 8.35. The molecule has 3 aromatic rings. The van der Waals surface area contributed by atoms with Gasteiger partial charge in [0.2, 0.25) is 0 Å². The van der Waals surface area contributed by atoms with Crippen molar-refractivity contribution >= 4 is 0 Å². The molecule has 0 spiro atoms. The van der Waals surface area contributed by atoms with Crippen LogP contribution in [-0.2, 0) is 19.0 Å². The predicted molar refractivity (Wildman–Crippen MR) is 122 cm³/mol. The molecule has 188 valence electrons. The van der Waals surface area contributed by atoms with Crippen LogP contribution in [0.4, 0.5) is 26.3 Å². The van der Waals surface area contributed by atoms with Crippen molar-refractivity contribution in [3.63, 3.8) is 0 Å². The number of rotatable bonds is 10. The van der Waals surface area contributed by atoms with Crippen LogP contribution in [0.5, 0.6) is 11.5 Å². The summed E-state index contributed by atoms with van der Waals surface area (Å²) in [5.74, 6) is -2.32. The van der Waals surface area contributed by atoms with E-state index in [9.17, 15) is 26.3 Å². The Bertz CT molecular complexity index is 1110. The molecule has 0 saturated heterocycles. The lowest BCUT2D eigenvalue weighted by Gasteiger charge is -2.20. The molecule has 0 saturated carbocycles. The van der Waals surface area contributed by atoms with Crippen LogP contribution in [0.2, 0.25) is 0 Å². The minimum atomic E-state index is -5.06. The third-order valence-corrected chi connectivity index (χ3v) is 5.41. The van der Waals surface area contributed by atoms with E-state index in [2.05, 4.69) is 6.92 Å². The van der Waals surface area contributed by atoms with E-state index >= 15 is 0 Å². The topological polar surface area (TPSA) is 18.5 Å². The molecule has 0 amide bonds. The number of halogens is 6. The molecule has 35 heavy (non-hydrogen) atoms. The molecule has 0 heterocycles. The van der Waals surface area contributed by atoms with E-state index in [4.69, 9.17) is 9.47 Å². The first-order valence-corrected chi connectivity index (χ1v) is 11.3. The SMILES string of the molecule is CCCc1ccc(-c2ccc(OC(F)(F)CCc3ccc(OCC)c(F)c3C(F)(F)F)cc2)cc1. The van der Waals surface area contributed by atoms with E-state index in [1.54, 1.807) is 12.1 Å². The zero-order valence-corrected chi connectivity index (χ0v) is 19.4. The van der Waals surface area contributed by atoms with E-state index < -0.39 is 47.8 Å². The first kappa shape index (κ1) is 26.4. The molecule has 0 aliphatic rings. The smallest absolute Gasteiger partial charge is 0.419 e. The van der Waals surface area contributed by atoms with Crippen LogP contribution in [0, 0.1) is 5.82 Å². The average Bonchev–Trinajstić information content (AvgIpc) is 2.80. The van der Waals surface area contributed by atoms with Crippen molar-refractivity contribution < 1.29 is 35.8 Å². The van der Waals surface area contributed by atoms with Crippen molar-refractivity contribution in [3.05, 3.63) is 83.2 Å². The van der Waals surface area contributed by atoms with Crippen LogP contribution in [0.3, 0.4) is 0 Å². The molecule has 3 rings (SSSR count). The molecule has 0 bridgehead atoms. The Morgan fingerprint density at radius 2 is 1.34 bits per heavy atom. The molecule has 0 radical (unpaired) electrons. The Balaban J connectivity index is 1.70. The van der Waals surface area contributed by atoms with Gasteiger partial charge in [-0.25, -0.2) is 4.39 Å². The summed E-state index contributed by atoms with van der Waals surface area (Å²) in [6.45, 7) is 3.55. The zero-order valence-electron chi connectivity index (χ0n) is 19.4. The molecule has 0 aliphatic heterocycles. The maximum absolute atomic E-state index is 14.4. The first-order valence-electron chi connectivity index (χ1n) is 11.3. The van der Waals surface area contributed by atoms with Crippen molar-refractivity contribution in [2.75, 3.05) is 6.61 Å². The van der Waals surface area contributed by atoms with Crippen LogP contribution >= 0.6 is 0 Å². The van der Waals surface area contributed by atoms with Gasteiger partial charge in [0.25, 0.3) is 0 Å². The van der Waals surface area contributed by atoms with Gasteiger partial charge in [-0.05, 0) is 60.2 Å². The number of aryl methyl sites for hydroxylation is 2. The van der Waals surface area contributed by atoms with Gasteiger partial charge in [0.05, 0.1) is 18.6 Å². The van der Waals surface area contributed by atoms with Gasteiger partial charge in [-0.2, -0.15) is 22.0 Å². The molecule has 0 unspecified atom stereocenters. The molecule has 0 aliphatic carbocycles. The van der Waals surface area contributed by atoms with E-state index in [1.807, 2.05) is 24.3 Å². The van der Waals surface area contributed by atoms with E-state index in [0.717, 1.165) is 36.1 Å². The fraction of sp³-hybridized carbons (Fsp3) is 0.333. The number of hydrogen-bond donors (Lipinski definition) is 0. The van der Waals surface area contributed by atoms with Gasteiger partial charge >= 0.3 is 12.3 Å². The highest BCUT2D eigenvalue weighted by Crippen LogP contribution is 2.39. The van der Waals surface area contributed by atoms with Crippen molar-refractivity contribution in [1.82, 2.24) is 0 Å². The summed E-state index contributed by atoms with van der Waals surface area (Å²) >= 11 is 0. The Labute approximate surface area is 200 Å². The second kappa shape index (κ2) is 11.1. The van der Waals surface area contributed by atoms with Gasteiger partial charge in [0.15, 0.2) is 11.6 Å². The summed E-state index contributed by atoms with van der Waals surface area (Å²) in [5, 5.41) is 0. The fourth-order valence-corrected chi connectivity index (χ4v) is 3.75. The summed E-state index contributed by atoms with van der Waals surface area (Å²) < 4.78 is 93.1. The Morgan fingerprint density at radius 3 is 1.89 bits per heavy atom. The molecule has 0 atom stereocenters. The maximum atomic E-state index is 14.4. The Hall–Kier alpha value is -3.16. The summed E-state index contributed by atoms with van der Waals surface area (Å²) in [7, 11) is 0. The molecular weight excluding hydrogens is 470 g/mol. The lowest BCUT2D eigenvalue weighted by atomic mass is 10.0. The first-order chi connectivity index (χ1) is 16.5. The molecule has 3 aromatic carbocycles. The van der Waals surface area contributed by atoms with Crippen molar-refractivity contribution in [2.24, 2.45) is 0 Å². The van der Waals surface area contributed by atoms with Crippen molar-refractivity contribution in [3.8, 4) is 22.6 Å². The van der Waals surface area contributed by atoms with Gasteiger partial charge in [-0.1, -0.05) is 55.8 Å². The van der Waals surface area contributed by atoms with Crippen LogP contribution in [0.15, 0.2) is 60.7 Å². The highest BCUT2D eigenvalue weighted by atomic mass is 19.4. The van der Waals surface area contributed by atoms with E-state index in [-0.39, 0.29) is 12.4 Å². The van der Waals surface area contributed by atoms with Crippen molar-refractivity contribution in [1.29, 1.82) is 0 Å². The number of hydrogen-bond acceptors (Lipinski definition) is 2. The molecule has 2 nitrogen and oxygen atoms in total. The molecular formula is C27H26F6O2. The normalized spacial score (nSPS) is 12.0. The highest BCUT2D eigenvalue weighted by Gasteiger charge is 2.40. The van der Waals surface area contributed by atoms with E-state index in [1.165, 1.54) is 24.6 Å². The van der Waals surface area contributed by atoms with Crippen LogP contribution in [0.25, 0.3) is 11.1 Å². The molecule has 0 aromatic heterocycles. The summed E-state index contributed by atoms with van der Waals surface area (Å²) in [4.78, 5) is 0. The van der Waals surface area contributed by atoms with Crippen LogP contribution < -0.4 is 9.47 Å². The van der Waals surface area contributed by atoms with Gasteiger partial charge in [-0.15, -0.1) is 0 Å². The van der Waals surface area contributed by atoms with Crippen molar-refractivity contribution in [2.45, 2.75) is 51.8 Å². The second-order valence-corrected chi connectivity index (χ2v) is 8.05. The van der Waals surface area contributed by atoms with Crippen LogP contribution in [0.1, 0.15) is 43.4 Å². The van der Waals surface area contributed by atoms with Gasteiger partial charge in [-0.3, -0.25) is 0 Å². The fourth-order valence-electron chi connectivity index (χ4n) is 3.75. The lowest BCUT2D eigenvalue weighted by molar-refractivity contribution is -0.180. The summed E-state index contributed by atoms with van der Waals surface area (Å²) in [6, 6.07) is 15.9.